The number of fused-ring (bicyclic) bond motifs is 1. The van der Waals surface area contributed by atoms with E-state index in [2.05, 4.69) is 24.1 Å². The Hall–Kier alpha value is -1.94. The molecule has 0 saturated carbocycles. The smallest absolute Gasteiger partial charge is 0.209 e. The van der Waals surface area contributed by atoms with Gasteiger partial charge in [0.2, 0.25) is 5.78 Å². The summed E-state index contributed by atoms with van der Waals surface area (Å²) in [7, 11) is 0. The van der Waals surface area contributed by atoms with Crippen LogP contribution in [0.25, 0.3) is 0 Å². The maximum absolute atomic E-state index is 12.3. The largest absolute Gasteiger partial charge is 0.380 e. The second-order valence-electron chi connectivity index (χ2n) is 4.75. The molecule has 0 bridgehead atoms. The summed E-state index contributed by atoms with van der Waals surface area (Å²) in [5, 5.41) is 3.09. The first kappa shape index (κ1) is 14.5. The summed E-state index contributed by atoms with van der Waals surface area (Å²) >= 11 is 0. The van der Waals surface area contributed by atoms with Crippen LogP contribution < -0.4 is 5.32 Å². The van der Waals surface area contributed by atoms with Crippen LogP contribution in [0.15, 0.2) is 36.0 Å². The molecule has 0 amide bonds. The quantitative estimate of drug-likeness (QED) is 0.859. The van der Waals surface area contributed by atoms with Crippen LogP contribution in [-0.4, -0.2) is 42.6 Å². The zero-order valence-electron chi connectivity index (χ0n) is 12.0. The third kappa shape index (κ3) is 2.96. The number of Topliss-reactive ketones (excluding diaryl/α,β-unsaturated/α-hetero) is 1. The van der Waals surface area contributed by atoms with E-state index in [1.54, 1.807) is 24.3 Å². The Kier molecular flexibility index (Phi) is 4.69. The molecule has 0 fully saturated rings. The minimum Gasteiger partial charge on any atom is -0.380 e. The third-order valence-corrected chi connectivity index (χ3v) is 3.60. The molecule has 0 saturated heterocycles. The van der Waals surface area contributed by atoms with E-state index in [-0.39, 0.29) is 11.6 Å². The maximum atomic E-state index is 12.3. The van der Waals surface area contributed by atoms with Gasteiger partial charge in [-0.2, -0.15) is 0 Å². The summed E-state index contributed by atoms with van der Waals surface area (Å²) in [5.74, 6) is -0.203. The van der Waals surface area contributed by atoms with Crippen molar-refractivity contribution in [2.75, 3.05) is 26.2 Å². The minimum atomic E-state index is -0.106. The molecule has 0 aliphatic heterocycles. The van der Waals surface area contributed by atoms with Crippen LogP contribution in [0.3, 0.4) is 0 Å². The summed E-state index contributed by atoms with van der Waals surface area (Å²) in [4.78, 5) is 26.5. The lowest BCUT2D eigenvalue weighted by molar-refractivity contribution is 0.0978. The molecule has 20 heavy (non-hydrogen) atoms. The highest BCUT2D eigenvalue weighted by atomic mass is 16.1. The molecule has 1 N–H and O–H groups in total. The molecule has 1 aliphatic rings. The zero-order valence-corrected chi connectivity index (χ0v) is 12.0. The average molecular weight is 272 g/mol. The van der Waals surface area contributed by atoms with Gasteiger partial charge in [-0.15, -0.1) is 0 Å². The number of likely N-dealkylation sites (N-methyl/N-ethyl adjacent to an activating group) is 1. The maximum Gasteiger partial charge on any atom is 0.209 e. The number of hydrogen-bond acceptors (Lipinski definition) is 4. The average Bonchev–Trinajstić information content (AvgIpc) is 2.48. The third-order valence-electron chi connectivity index (χ3n) is 3.60. The van der Waals surface area contributed by atoms with E-state index in [0.29, 0.717) is 23.4 Å². The van der Waals surface area contributed by atoms with Gasteiger partial charge in [-0.05, 0) is 13.1 Å². The second kappa shape index (κ2) is 6.48. The molecule has 1 aromatic carbocycles. The van der Waals surface area contributed by atoms with E-state index in [9.17, 15) is 9.59 Å². The fraction of sp³-hybridized carbons (Fsp3) is 0.375. The number of carbonyl (C=O) groups excluding carboxylic acids is 2. The molecular weight excluding hydrogens is 252 g/mol. The number of allylic oxidation sites excluding steroid dienone is 2. The number of benzene rings is 1. The van der Waals surface area contributed by atoms with Gasteiger partial charge in [-0.1, -0.05) is 38.1 Å². The first-order chi connectivity index (χ1) is 9.67. The molecule has 0 heterocycles. The number of ketones is 2. The standard InChI is InChI=1S/C16H20N2O2/c1-3-18(4-2)10-9-17-14-11-15(19)12-7-5-6-8-13(12)16(14)20/h5-8,11,17H,3-4,9-10H2,1-2H3. The molecule has 0 aromatic heterocycles. The van der Waals surface area contributed by atoms with E-state index in [4.69, 9.17) is 0 Å². The number of rotatable bonds is 6. The van der Waals surface area contributed by atoms with Crippen LogP contribution in [-0.2, 0) is 0 Å². The lowest BCUT2D eigenvalue weighted by atomic mass is 9.93. The van der Waals surface area contributed by atoms with Crippen molar-refractivity contribution in [3.8, 4) is 0 Å². The lowest BCUT2D eigenvalue weighted by Crippen LogP contribution is -2.34. The molecule has 0 atom stereocenters. The highest BCUT2D eigenvalue weighted by Gasteiger charge is 2.24. The van der Waals surface area contributed by atoms with Crippen LogP contribution in [0, 0.1) is 0 Å². The van der Waals surface area contributed by atoms with E-state index in [1.165, 1.54) is 6.08 Å². The Morgan fingerprint density at radius 2 is 1.70 bits per heavy atom. The van der Waals surface area contributed by atoms with Crippen molar-refractivity contribution in [3.63, 3.8) is 0 Å². The van der Waals surface area contributed by atoms with E-state index in [1.807, 2.05) is 0 Å². The Balaban J connectivity index is 2.04. The van der Waals surface area contributed by atoms with Gasteiger partial charge in [0.25, 0.3) is 0 Å². The molecule has 1 aliphatic carbocycles. The van der Waals surface area contributed by atoms with Gasteiger partial charge in [0.05, 0.1) is 5.70 Å². The van der Waals surface area contributed by atoms with Gasteiger partial charge in [0.1, 0.15) is 0 Å². The Labute approximate surface area is 119 Å². The molecule has 0 unspecified atom stereocenters. The van der Waals surface area contributed by atoms with Gasteiger partial charge >= 0.3 is 0 Å². The van der Waals surface area contributed by atoms with E-state index in [0.717, 1.165) is 19.6 Å². The molecular formula is C16H20N2O2. The first-order valence-electron chi connectivity index (χ1n) is 7.03. The summed E-state index contributed by atoms with van der Waals surface area (Å²) in [6.45, 7) is 7.69. The van der Waals surface area contributed by atoms with Crippen molar-refractivity contribution in [1.82, 2.24) is 10.2 Å². The number of nitrogens with zero attached hydrogens (tertiary/aromatic N) is 1. The Bertz CT molecular complexity index is 545. The van der Waals surface area contributed by atoms with E-state index < -0.39 is 0 Å². The normalized spacial score (nSPS) is 14.2. The van der Waals surface area contributed by atoms with Crippen LogP contribution in [0.1, 0.15) is 34.6 Å². The van der Waals surface area contributed by atoms with Crippen molar-refractivity contribution >= 4 is 11.6 Å². The number of nitrogens with one attached hydrogen (secondary N) is 1. The molecule has 4 heteroatoms. The number of carbonyl (C=O) groups is 2. The Morgan fingerprint density at radius 3 is 2.35 bits per heavy atom. The molecule has 0 spiro atoms. The SMILES string of the molecule is CCN(CC)CCNC1=CC(=O)c2ccccc2C1=O. The monoisotopic (exact) mass is 272 g/mol. The second-order valence-corrected chi connectivity index (χ2v) is 4.75. The Morgan fingerprint density at radius 1 is 1.05 bits per heavy atom. The lowest BCUT2D eigenvalue weighted by Gasteiger charge is -2.20. The van der Waals surface area contributed by atoms with Gasteiger partial charge in [0, 0.05) is 30.3 Å². The van der Waals surface area contributed by atoms with Gasteiger partial charge in [0.15, 0.2) is 5.78 Å². The van der Waals surface area contributed by atoms with Gasteiger partial charge in [-0.25, -0.2) is 0 Å². The fourth-order valence-electron chi connectivity index (χ4n) is 2.34. The fourth-order valence-corrected chi connectivity index (χ4v) is 2.34. The van der Waals surface area contributed by atoms with Crippen LogP contribution in [0.4, 0.5) is 0 Å². The summed E-state index contributed by atoms with van der Waals surface area (Å²) in [6, 6.07) is 6.95. The molecule has 4 nitrogen and oxygen atoms in total. The number of hydrogen-bond donors (Lipinski definition) is 1. The van der Waals surface area contributed by atoms with Crippen LogP contribution in [0.2, 0.25) is 0 Å². The summed E-state index contributed by atoms with van der Waals surface area (Å²) in [6.07, 6.45) is 1.41. The summed E-state index contributed by atoms with van der Waals surface area (Å²) in [5.41, 5.74) is 1.39. The molecule has 106 valence electrons. The first-order valence-corrected chi connectivity index (χ1v) is 7.03. The summed E-state index contributed by atoms with van der Waals surface area (Å²) < 4.78 is 0. The van der Waals surface area contributed by atoms with E-state index >= 15 is 0 Å². The molecule has 0 radical (unpaired) electrons. The van der Waals surface area contributed by atoms with Gasteiger partial charge < -0.3 is 10.2 Å². The van der Waals surface area contributed by atoms with Crippen molar-refractivity contribution in [1.29, 1.82) is 0 Å². The molecule has 1 aromatic rings. The minimum absolute atomic E-state index is 0.0975. The predicted molar refractivity (Wildman–Crippen MR) is 79.0 cm³/mol. The topological polar surface area (TPSA) is 49.4 Å². The van der Waals surface area contributed by atoms with Crippen molar-refractivity contribution in [2.24, 2.45) is 0 Å². The van der Waals surface area contributed by atoms with Crippen molar-refractivity contribution < 1.29 is 9.59 Å². The van der Waals surface area contributed by atoms with Crippen LogP contribution in [0.5, 0.6) is 0 Å². The highest BCUT2D eigenvalue weighted by Crippen LogP contribution is 2.19. The van der Waals surface area contributed by atoms with Crippen LogP contribution >= 0.6 is 0 Å². The van der Waals surface area contributed by atoms with Gasteiger partial charge in [-0.3, -0.25) is 9.59 Å². The molecule has 2 rings (SSSR count). The zero-order chi connectivity index (χ0) is 14.5. The predicted octanol–water partition coefficient (Wildman–Crippen LogP) is 1.88. The van der Waals surface area contributed by atoms with Crippen molar-refractivity contribution in [2.45, 2.75) is 13.8 Å². The van der Waals surface area contributed by atoms with Crippen molar-refractivity contribution in [3.05, 3.63) is 47.2 Å². The highest BCUT2D eigenvalue weighted by molar-refractivity contribution is 6.24.